The number of hydrogen-bond acceptors (Lipinski definition) is 5. The molecule has 3 rings (SSSR count). The first-order valence-corrected chi connectivity index (χ1v) is 9.03. The van der Waals surface area contributed by atoms with Crippen LogP contribution in [0.2, 0.25) is 0 Å². The summed E-state index contributed by atoms with van der Waals surface area (Å²) in [6, 6.07) is 0.465. The van der Waals surface area contributed by atoms with E-state index in [1.165, 1.54) is 0 Å². The number of carbonyl (C=O) groups excluding carboxylic acids is 4. The van der Waals surface area contributed by atoms with Gasteiger partial charge in [0.2, 0.25) is 5.91 Å². The first-order chi connectivity index (χ1) is 11.8. The molecular weight excluding hydrogens is 344 g/mol. The van der Waals surface area contributed by atoms with Crippen molar-refractivity contribution in [2.45, 2.75) is 44.7 Å². The van der Waals surface area contributed by atoms with E-state index in [9.17, 15) is 19.2 Å². The van der Waals surface area contributed by atoms with Crippen molar-refractivity contribution in [2.24, 2.45) is 0 Å². The number of hydrogen-bond donors (Lipinski definition) is 3. The number of thiophene rings is 1. The van der Waals surface area contributed by atoms with Crippen LogP contribution in [-0.2, 0) is 21.5 Å². The minimum atomic E-state index is -1.08. The summed E-state index contributed by atoms with van der Waals surface area (Å²) in [4.78, 5) is 50.8. The fourth-order valence-electron chi connectivity index (χ4n) is 3.29. The van der Waals surface area contributed by atoms with E-state index >= 15 is 0 Å². The highest BCUT2D eigenvalue weighted by Crippen LogP contribution is 2.41. The monoisotopic (exact) mass is 364 g/mol. The first-order valence-electron chi connectivity index (χ1n) is 8.15. The van der Waals surface area contributed by atoms with E-state index in [4.69, 9.17) is 0 Å². The first kappa shape index (κ1) is 17.4. The van der Waals surface area contributed by atoms with Crippen molar-refractivity contribution in [1.82, 2.24) is 20.9 Å². The second-order valence-electron chi connectivity index (χ2n) is 6.51. The van der Waals surface area contributed by atoms with E-state index in [0.717, 1.165) is 28.2 Å². The number of fused-ring (bicyclic) bond motifs is 2. The molecule has 3 N–H and O–H groups in total. The number of urea groups is 2. The molecule has 0 aromatic carbocycles. The summed E-state index contributed by atoms with van der Waals surface area (Å²) in [5.41, 5.74) is -0.256. The smallest absolute Gasteiger partial charge is 0.325 e. The summed E-state index contributed by atoms with van der Waals surface area (Å²) in [6.07, 6.45) is 2.18. The average Bonchev–Trinajstić information content (AvgIpc) is 3.07. The Morgan fingerprint density at radius 2 is 2.16 bits per heavy atom. The largest absolute Gasteiger partial charge is 0.336 e. The molecule has 1 aromatic rings. The van der Waals surface area contributed by atoms with Gasteiger partial charge in [0.15, 0.2) is 0 Å². The summed E-state index contributed by atoms with van der Waals surface area (Å²) in [5, 5.41) is 9.31. The molecule has 9 heteroatoms. The van der Waals surface area contributed by atoms with Gasteiger partial charge < -0.3 is 10.6 Å². The third-order valence-corrected chi connectivity index (χ3v) is 5.29. The van der Waals surface area contributed by atoms with Crippen LogP contribution >= 0.6 is 11.3 Å². The summed E-state index contributed by atoms with van der Waals surface area (Å²) < 4.78 is 0. The fourth-order valence-corrected chi connectivity index (χ4v) is 4.29. The normalized spacial score (nSPS) is 22.1. The zero-order valence-corrected chi connectivity index (χ0v) is 14.9. The van der Waals surface area contributed by atoms with E-state index in [0.29, 0.717) is 6.42 Å². The van der Waals surface area contributed by atoms with Crippen LogP contribution < -0.4 is 16.0 Å². The van der Waals surface area contributed by atoms with Crippen LogP contribution in [0.25, 0.3) is 0 Å². The third kappa shape index (κ3) is 3.11. The molecule has 1 aliphatic carbocycles. The molecule has 1 aromatic heterocycles. The molecule has 134 valence electrons. The number of nitrogens with one attached hydrogen (secondary N) is 3. The maximum Gasteiger partial charge on any atom is 0.325 e. The van der Waals surface area contributed by atoms with Crippen molar-refractivity contribution in [2.75, 3.05) is 6.54 Å². The van der Waals surface area contributed by atoms with Crippen LogP contribution in [0.5, 0.6) is 0 Å². The Morgan fingerprint density at radius 3 is 2.88 bits per heavy atom. The zero-order chi connectivity index (χ0) is 18.2. The highest BCUT2D eigenvalue weighted by molar-refractivity contribution is 7.10. The van der Waals surface area contributed by atoms with Gasteiger partial charge in [0.05, 0.1) is 0 Å². The Labute approximate surface area is 148 Å². The lowest BCUT2D eigenvalue weighted by molar-refractivity contribution is -0.135. The molecule has 1 spiro atoms. The van der Waals surface area contributed by atoms with Gasteiger partial charge in [0.1, 0.15) is 12.1 Å². The minimum Gasteiger partial charge on any atom is -0.336 e. The number of aryl methyl sites for hydroxylation is 1. The maximum atomic E-state index is 12.9. The molecule has 6 amide bonds. The summed E-state index contributed by atoms with van der Waals surface area (Å²) in [5.74, 6) is -1.14. The van der Waals surface area contributed by atoms with E-state index in [1.54, 1.807) is 25.2 Å². The lowest BCUT2D eigenvalue weighted by Gasteiger charge is -2.31. The Hall–Kier alpha value is -2.42. The predicted octanol–water partition coefficient (Wildman–Crippen LogP) is 1.07. The highest BCUT2D eigenvalue weighted by atomic mass is 32.1. The van der Waals surface area contributed by atoms with Crippen molar-refractivity contribution in [3.63, 3.8) is 0 Å². The molecule has 0 bridgehead atoms. The molecule has 25 heavy (non-hydrogen) atoms. The third-order valence-electron chi connectivity index (χ3n) is 4.31. The van der Waals surface area contributed by atoms with Gasteiger partial charge in [-0.15, -0.1) is 11.3 Å². The van der Waals surface area contributed by atoms with Gasteiger partial charge in [-0.3, -0.25) is 19.8 Å². The number of amides is 6. The molecule has 2 aliphatic rings. The van der Waals surface area contributed by atoms with E-state index in [-0.39, 0.29) is 6.04 Å². The summed E-state index contributed by atoms with van der Waals surface area (Å²) >= 11 is 1.56. The number of nitrogens with zero attached hydrogens (tertiary/aromatic N) is 1. The molecular formula is C16H20N4O4S. The van der Waals surface area contributed by atoms with Crippen LogP contribution in [0.3, 0.4) is 0 Å². The second-order valence-corrected chi connectivity index (χ2v) is 7.51. The average molecular weight is 364 g/mol. The number of imide groups is 2. The van der Waals surface area contributed by atoms with Gasteiger partial charge in [0.25, 0.3) is 5.91 Å². The predicted molar refractivity (Wildman–Crippen MR) is 91.0 cm³/mol. The van der Waals surface area contributed by atoms with E-state index in [1.807, 2.05) is 11.4 Å². The van der Waals surface area contributed by atoms with Crippen LogP contribution in [0.4, 0.5) is 9.59 Å². The van der Waals surface area contributed by atoms with Gasteiger partial charge in [0, 0.05) is 16.5 Å². The molecule has 0 radical (unpaired) electrons. The maximum absolute atomic E-state index is 12.9. The Morgan fingerprint density at radius 1 is 1.40 bits per heavy atom. The van der Waals surface area contributed by atoms with Crippen molar-refractivity contribution in [3.05, 3.63) is 21.9 Å². The van der Waals surface area contributed by atoms with Gasteiger partial charge >= 0.3 is 12.1 Å². The van der Waals surface area contributed by atoms with Crippen molar-refractivity contribution in [3.8, 4) is 0 Å². The SMILES string of the molecule is CC(C)NC(=O)NC(=O)CN1C(=O)N[C@@]2(CCCc3sccc32)C1=O. The molecule has 8 nitrogen and oxygen atoms in total. The number of rotatable bonds is 3. The molecule has 1 atom stereocenters. The van der Waals surface area contributed by atoms with E-state index in [2.05, 4.69) is 16.0 Å². The quantitative estimate of drug-likeness (QED) is 0.697. The lowest BCUT2D eigenvalue weighted by Crippen LogP contribution is -2.49. The second kappa shape index (κ2) is 6.47. The molecule has 0 unspecified atom stereocenters. The highest BCUT2D eigenvalue weighted by Gasteiger charge is 2.54. The minimum absolute atomic E-state index is 0.132. The van der Waals surface area contributed by atoms with Crippen LogP contribution in [0.15, 0.2) is 11.4 Å². The Bertz CT molecular complexity index is 744. The molecule has 0 saturated carbocycles. The van der Waals surface area contributed by atoms with Crippen LogP contribution in [0.1, 0.15) is 37.1 Å². The topological polar surface area (TPSA) is 108 Å². The standard InChI is InChI=1S/C16H20N4O4S/c1-9(2)17-14(23)18-12(21)8-20-13(22)16(19-15(20)24)6-3-4-11-10(16)5-7-25-11/h5,7,9H,3-4,6,8H2,1-2H3,(H,19,24)(H2,17,18,21,23)/t16-/m1/s1. The van der Waals surface area contributed by atoms with Crippen molar-refractivity contribution < 1.29 is 19.2 Å². The Balaban J connectivity index is 1.73. The van der Waals surface area contributed by atoms with Gasteiger partial charge in [-0.05, 0) is 44.6 Å². The zero-order valence-electron chi connectivity index (χ0n) is 14.0. The lowest BCUT2D eigenvalue weighted by atomic mass is 9.80. The molecule has 1 aliphatic heterocycles. The molecule has 1 fully saturated rings. The van der Waals surface area contributed by atoms with Gasteiger partial charge in [-0.25, -0.2) is 9.59 Å². The summed E-state index contributed by atoms with van der Waals surface area (Å²) in [6.45, 7) is 3.02. The van der Waals surface area contributed by atoms with Crippen LogP contribution in [-0.4, -0.2) is 41.4 Å². The van der Waals surface area contributed by atoms with Crippen LogP contribution in [0, 0.1) is 0 Å². The Kier molecular flexibility index (Phi) is 4.51. The fraction of sp³-hybridized carbons (Fsp3) is 0.500. The van der Waals surface area contributed by atoms with E-state index < -0.39 is 36.0 Å². The van der Waals surface area contributed by atoms with Gasteiger partial charge in [-0.1, -0.05) is 0 Å². The number of carbonyl (C=O) groups is 4. The molecule has 2 heterocycles. The molecule has 1 saturated heterocycles. The van der Waals surface area contributed by atoms with Gasteiger partial charge in [-0.2, -0.15) is 0 Å². The summed E-state index contributed by atoms with van der Waals surface area (Å²) in [7, 11) is 0. The van der Waals surface area contributed by atoms with Crippen molar-refractivity contribution in [1.29, 1.82) is 0 Å². The van der Waals surface area contributed by atoms with Crippen molar-refractivity contribution >= 4 is 35.2 Å².